The second-order valence-electron chi connectivity index (χ2n) is 2.35. The van der Waals surface area contributed by atoms with Crippen molar-refractivity contribution in [1.29, 1.82) is 0 Å². The summed E-state index contributed by atoms with van der Waals surface area (Å²) in [5, 5.41) is 10.4. The predicted octanol–water partition coefficient (Wildman–Crippen LogP) is 1.58. The number of rotatable bonds is 2. The van der Waals surface area contributed by atoms with Crippen LogP contribution in [0.25, 0.3) is 0 Å². The molecule has 0 heterocycles. The van der Waals surface area contributed by atoms with Gasteiger partial charge in [-0.1, -0.05) is 6.07 Å². The second kappa shape index (κ2) is 4.64. The Kier molecular flexibility index (Phi) is 4.16. The maximum absolute atomic E-state index is 10.4. The van der Waals surface area contributed by atoms with E-state index in [0.29, 0.717) is 0 Å². The van der Waals surface area contributed by atoms with Crippen LogP contribution in [0.4, 0.5) is 5.69 Å². The molecule has 0 aliphatic rings. The van der Waals surface area contributed by atoms with E-state index in [4.69, 9.17) is 5.90 Å². The van der Waals surface area contributed by atoms with E-state index in [9.17, 15) is 10.1 Å². The van der Waals surface area contributed by atoms with Crippen LogP contribution in [0.2, 0.25) is 0 Å². The molecule has 5 nitrogen and oxygen atoms in total. The Morgan fingerprint density at radius 1 is 1.54 bits per heavy atom. The number of nitrogens with two attached hydrogens (primary N) is 1. The number of nitrogens with zero attached hydrogens (tertiary/aromatic N) is 1. The minimum atomic E-state index is -0.540. The SMILES string of the molecule is Cc1ccc([N+](=O)[O-])c(ON)c1.Cl. The maximum Gasteiger partial charge on any atom is 0.313 e. The lowest BCUT2D eigenvalue weighted by Gasteiger charge is -2.00. The van der Waals surface area contributed by atoms with Crippen molar-refractivity contribution in [3.63, 3.8) is 0 Å². The van der Waals surface area contributed by atoms with Crippen LogP contribution in [0.5, 0.6) is 5.75 Å². The van der Waals surface area contributed by atoms with E-state index in [2.05, 4.69) is 4.84 Å². The van der Waals surface area contributed by atoms with E-state index in [-0.39, 0.29) is 23.8 Å². The number of halogens is 1. The third-order valence-electron chi connectivity index (χ3n) is 1.44. The molecule has 1 rings (SSSR count). The summed E-state index contributed by atoms with van der Waals surface area (Å²) >= 11 is 0. The first-order valence-electron chi connectivity index (χ1n) is 3.27. The van der Waals surface area contributed by atoms with Crippen molar-refractivity contribution in [2.75, 3.05) is 0 Å². The zero-order valence-electron chi connectivity index (χ0n) is 6.89. The predicted molar refractivity (Wildman–Crippen MR) is 49.9 cm³/mol. The first kappa shape index (κ1) is 11.7. The van der Waals surface area contributed by atoms with E-state index >= 15 is 0 Å². The molecule has 0 spiro atoms. The fourth-order valence-corrected chi connectivity index (χ4v) is 0.867. The smallest absolute Gasteiger partial charge is 0.313 e. The van der Waals surface area contributed by atoms with Gasteiger partial charge in [0.05, 0.1) is 4.92 Å². The number of benzene rings is 1. The fraction of sp³-hybridized carbons (Fsp3) is 0.143. The summed E-state index contributed by atoms with van der Waals surface area (Å²) in [5.41, 5.74) is 0.740. The molecule has 1 aromatic carbocycles. The van der Waals surface area contributed by atoms with Gasteiger partial charge in [0.1, 0.15) is 0 Å². The minimum Gasteiger partial charge on any atom is -0.404 e. The molecule has 13 heavy (non-hydrogen) atoms. The van der Waals surface area contributed by atoms with Crippen molar-refractivity contribution in [2.24, 2.45) is 5.90 Å². The normalized spacial score (nSPS) is 8.77. The molecule has 0 amide bonds. The number of aryl methyl sites for hydroxylation is 1. The minimum absolute atomic E-state index is 0. The van der Waals surface area contributed by atoms with Crippen molar-refractivity contribution in [3.05, 3.63) is 33.9 Å². The van der Waals surface area contributed by atoms with Gasteiger partial charge in [0.2, 0.25) is 5.75 Å². The highest BCUT2D eigenvalue weighted by atomic mass is 35.5. The van der Waals surface area contributed by atoms with Crippen LogP contribution >= 0.6 is 12.4 Å². The average Bonchev–Trinajstić information content (AvgIpc) is 2.03. The number of nitro benzene ring substituents is 1. The van der Waals surface area contributed by atoms with E-state index < -0.39 is 4.92 Å². The molecule has 0 bridgehead atoms. The summed E-state index contributed by atoms with van der Waals surface area (Å²) in [6.07, 6.45) is 0. The Balaban J connectivity index is 0.00000144. The van der Waals surface area contributed by atoms with Gasteiger partial charge in [0, 0.05) is 6.07 Å². The van der Waals surface area contributed by atoms with Crippen LogP contribution in [0, 0.1) is 17.0 Å². The molecule has 0 aliphatic heterocycles. The third-order valence-corrected chi connectivity index (χ3v) is 1.44. The van der Waals surface area contributed by atoms with Gasteiger partial charge >= 0.3 is 5.69 Å². The number of hydrogen-bond donors (Lipinski definition) is 1. The van der Waals surface area contributed by atoms with Crippen LogP contribution in [0.1, 0.15) is 5.56 Å². The molecule has 0 radical (unpaired) electrons. The first-order valence-corrected chi connectivity index (χ1v) is 3.27. The van der Waals surface area contributed by atoms with Crippen molar-refractivity contribution < 1.29 is 9.76 Å². The van der Waals surface area contributed by atoms with E-state index in [0.717, 1.165) is 5.56 Å². The van der Waals surface area contributed by atoms with Crippen LogP contribution < -0.4 is 10.7 Å². The molecular formula is C7H9ClN2O3. The molecule has 0 fully saturated rings. The van der Waals surface area contributed by atoms with Crippen molar-refractivity contribution in [2.45, 2.75) is 6.92 Å². The van der Waals surface area contributed by atoms with Crippen LogP contribution in [0.3, 0.4) is 0 Å². The summed E-state index contributed by atoms with van der Waals surface area (Å²) in [6.45, 7) is 1.80. The quantitative estimate of drug-likeness (QED) is 0.586. The van der Waals surface area contributed by atoms with Gasteiger partial charge in [-0.2, -0.15) is 5.90 Å². The first-order chi connectivity index (χ1) is 5.65. The summed E-state index contributed by atoms with van der Waals surface area (Å²) in [5.74, 6) is 4.94. The van der Waals surface area contributed by atoms with Crippen LogP contribution in [0.15, 0.2) is 18.2 Å². The topological polar surface area (TPSA) is 78.4 Å². The van der Waals surface area contributed by atoms with Gasteiger partial charge in [-0.15, -0.1) is 12.4 Å². The van der Waals surface area contributed by atoms with Crippen LogP contribution in [-0.2, 0) is 0 Å². The highest BCUT2D eigenvalue weighted by Crippen LogP contribution is 2.26. The van der Waals surface area contributed by atoms with Gasteiger partial charge < -0.3 is 4.84 Å². The summed E-state index contributed by atoms with van der Waals surface area (Å²) in [4.78, 5) is 14.2. The summed E-state index contributed by atoms with van der Waals surface area (Å²) < 4.78 is 0. The largest absolute Gasteiger partial charge is 0.404 e. The fourth-order valence-electron chi connectivity index (χ4n) is 0.867. The van der Waals surface area contributed by atoms with Crippen LogP contribution in [-0.4, -0.2) is 4.92 Å². The Morgan fingerprint density at radius 2 is 2.15 bits per heavy atom. The summed E-state index contributed by atoms with van der Waals surface area (Å²) in [7, 11) is 0. The van der Waals surface area contributed by atoms with E-state index in [1.54, 1.807) is 13.0 Å². The standard InChI is InChI=1S/C7H8N2O3.ClH/c1-5-2-3-6(9(10)11)7(4-5)12-8;/h2-4H,8H2,1H3;1H. The molecule has 6 heteroatoms. The van der Waals surface area contributed by atoms with E-state index in [1.165, 1.54) is 12.1 Å². The van der Waals surface area contributed by atoms with Gasteiger partial charge in [-0.3, -0.25) is 10.1 Å². The highest BCUT2D eigenvalue weighted by Gasteiger charge is 2.13. The lowest BCUT2D eigenvalue weighted by molar-refractivity contribution is -0.385. The molecular weight excluding hydrogens is 196 g/mol. The molecule has 0 saturated carbocycles. The average molecular weight is 205 g/mol. The zero-order chi connectivity index (χ0) is 9.14. The van der Waals surface area contributed by atoms with Gasteiger partial charge in [0.15, 0.2) is 0 Å². The molecule has 0 aliphatic carbocycles. The maximum atomic E-state index is 10.4. The third kappa shape index (κ3) is 2.57. The Bertz CT molecular complexity index is 317. The number of hydrogen-bond acceptors (Lipinski definition) is 4. The molecule has 72 valence electrons. The lowest BCUT2D eigenvalue weighted by Crippen LogP contribution is -2.04. The van der Waals surface area contributed by atoms with Crippen molar-refractivity contribution in [3.8, 4) is 5.75 Å². The van der Waals surface area contributed by atoms with Gasteiger partial charge in [0.25, 0.3) is 0 Å². The van der Waals surface area contributed by atoms with Crippen molar-refractivity contribution >= 4 is 18.1 Å². The van der Waals surface area contributed by atoms with Crippen molar-refractivity contribution in [1.82, 2.24) is 0 Å². The van der Waals surface area contributed by atoms with E-state index in [1.807, 2.05) is 0 Å². The Hall–Kier alpha value is -1.33. The summed E-state index contributed by atoms with van der Waals surface area (Å²) in [6, 6.07) is 4.50. The van der Waals surface area contributed by atoms with Gasteiger partial charge in [-0.05, 0) is 18.6 Å². The molecule has 1 aromatic rings. The Morgan fingerprint density at radius 3 is 2.62 bits per heavy atom. The highest BCUT2D eigenvalue weighted by molar-refractivity contribution is 5.85. The zero-order valence-corrected chi connectivity index (χ0v) is 7.71. The molecule has 0 saturated heterocycles. The molecule has 0 aromatic heterocycles. The lowest BCUT2D eigenvalue weighted by atomic mass is 10.2. The number of nitro groups is 1. The molecule has 0 atom stereocenters. The molecule has 2 N–H and O–H groups in total. The van der Waals surface area contributed by atoms with Gasteiger partial charge in [-0.25, -0.2) is 0 Å². The molecule has 0 unspecified atom stereocenters. The monoisotopic (exact) mass is 204 g/mol. The Labute approximate surface area is 81.0 Å². The second-order valence-corrected chi connectivity index (χ2v) is 2.35.